The molecule has 1 aromatic carbocycles. The molecule has 90 valence electrons. The molecule has 0 amide bonds. The molecule has 0 bridgehead atoms. The van der Waals surface area contributed by atoms with E-state index in [1.54, 1.807) is 0 Å². The number of hydrogen-bond acceptors (Lipinski definition) is 2. The summed E-state index contributed by atoms with van der Waals surface area (Å²) in [5.41, 5.74) is 3.35. The molecular formula is C14H16O3. The Kier molecular flexibility index (Phi) is 3.57. The van der Waals surface area contributed by atoms with Crippen LogP contribution in [0.3, 0.4) is 0 Å². The number of rotatable bonds is 3. The van der Waals surface area contributed by atoms with Crippen molar-refractivity contribution in [3.8, 4) is 0 Å². The predicted octanol–water partition coefficient (Wildman–Crippen LogP) is 2.15. The summed E-state index contributed by atoms with van der Waals surface area (Å²) in [4.78, 5) is 22.0. The van der Waals surface area contributed by atoms with E-state index in [2.05, 4.69) is 0 Å². The number of aryl methyl sites for hydroxylation is 2. The number of carboxylic acid groups (broad SMARTS) is 1. The molecule has 1 aromatic rings. The fraction of sp³-hybridized carbons (Fsp3) is 0.429. The molecule has 3 heteroatoms. The SMILES string of the molecule is O=C(O)CCc1ccc2c(c1)CC(=O)CCC2. The Balaban J connectivity index is 2.17. The Morgan fingerprint density at radius 3 is 2.82 bits per heavy atom. The predicted molar refractivity (Wildman–Crippen MR) is 64.0 cm³/mol. The van der Waals surface area contributed by atoms with E-state index in [0.29, 0.717) is 25.0 Å². The first-order valence-corrected chi connectivity index (χ1v) is 5.99. The summed E-state index contributed by atoms with van der Waals surface area (Å²) in [6, 6.07) is 6.03. The largest absolute Gasteiger partial charge is 0.481 e. The summed E-state index contributed by atoms with van der Waals surface area (Å²) < 4.78 is 0. The standard InChI is InChI=1S/C14H16O3/c15-13-3-1-2-11-6-4-10(5-7-14(16)17)8-12(11)9-13/h4,6,8H,1-3,5,7,9H2,(H,16,17). The van der Waals surface area contributed by atoms with Gasteiger partial charge in [0.1, 0.15) is 5.78 Å². The fourth-order valence-electron chi connectivity index (χ4n) is 2.27. The van der Waals surface area contributed by atoms with Crippen LogP contribution in [0.2, 0.25) is 0 Å². The van der Waals surface area contributed by atoms with Crippen LogP contribution in [-0.4, -0.2) is 16.9 Å². The van der Waals surface area contributed by atoms with Crippen LogP contribution in [0.25, 0.3) is 0 Å². The topological polar surface area (TPSA) is 54.4 Å². The molecule has 0 aromatic heterocycles. The van der Waals surface area contributed by atoms with E-state index in [-0.39, 0.29) is 6.42 Å². The van der Waals surface area contributed by atoms with E-state index < -0.39 is 5.97 Å². The van der Waals surface area contributed by atoms with Crippen LogP contribution in [-0.2, 0) is 28.9 Å². The van der Waals surface area contributed by atoms with Crippen LogP contribution in [0, 0.1) is 0 Å². The Morgan fingerprint density at radius 2 is 2.06 bits per heavy atom. The molecule has 17 heavy (non-hydrogen) atoms. The van der Waals surface area contributed by atoms with Gasteiger partial charge in [0.05, 0.1) is 0 Å². The van der Waals surface area contributed by atoms with Crippen LogP contribution in [0.15, 0.2) is 18.2 Å². The summed E-state index contributed by atoms with van der Waals surface area (Å²) in [6.45, 7) is 0. The van der Waals surface area contributed by atoms with Gasteiger partial charge in [-0.3, -0.25) is 9.59 Å². The molecule has 1 aliphatic rings. The van der Waals surface area contributed by atoms with Gasteiger partial charge >= 0.3 is 5.97 Å². The van der Waals surface area contributed by atoms with Gasteiger partial charge in [-0.05, 0) is 36.0 Å². The van der Waals surface area contributed by atoms with Gasteiger partial charge in [0, 0.05) is 19.3 Å². The van der Waals surface area contributed by atoms with Crippen molar-refractivity contribution < 1.29 is 14.7 Å². The van der Waals surface area contributed by atoms with E-state index in [0.717, 1.165) is 24.0 Å². The second-order valence-corrected chi connectivity index (χ2v) is 4.57. The van der Waals surface area contributed by atoms with Crippen LogP contribution in [0.5, 0.6) is 0 Å². The highest BCUT2D eigenvalue weighted by Crippen LogP contribution is 2.20. The summed E-state index contributed by atoms with van der Waals surface area (Å²) in [7, 11) is 0. The highest BCUT2D eigenvalue weighted by atomic mass is 16.4. The Labute approximate surface area is 100 Å². The maximum atomic E-state index is 11.5. The normalized spacial score (nSPS) is 15.2. The van der Waals surface area contributed by atoms with Gasteiger partial charge in [-0.15, -0.1) is 0 Å². The minimum absolute atomic E-state index is 0.146. The number of hydrogen-bond donors (Lipinski definition) is 1. The lowest BCUT2D eigenvalue weighted by Crippen LogP contribution is -2.02. The Hall–Kier alpha value is -1.64. The Bertz CT molecular complexity index is 449. The van der Waals surface area contributed by atoms with E-state index in [1.807, 2.05) is 18.2 Å². The first-order chi connectivity index (χ1) is 8.15. The molecule has 2 rings (SSSR count). The second kappa shape index (κ2) is 5.13. The van der Waals surface area contributed by atoms with Crippen LogP contribution < -0.4 is 0 Å². The van der Waals surface area contributed by atoms with Gasteiger partial charge in [-0.2, -0.15) is 0 Å². The van der Waals surface area contributed by atoms with Crippen molar-refractivity contribution >= 4 is 11.8 Å². The highest BCUT2D eigenvalue weighted by Gasteiger charge is 2.14. The van der Waals surface area contributed by atoms with Crippen molar-refractivity contribution in [1.82, 2.24) is 0 Å². The van der Waals surface area contributed by atoms with Gasteiger partial charge in [-0.25, -0.2) is 0 Å². The molecule has 0 radical (unpaired) electrons. The average Bonchev–Trinajstić information content (AvgIpc) is 2.46. The number of aliphatic carboxylic acids is 1. The third kappa shape index (κ3) is 3.16. The third-order valence-electron chi connectivity index (χ3n) is 3.19. The quantitative estimate of drug-likeness (QED) is 0.812. The highest BCUT2D eigenvalue weighted by molar-refractivity contribution is 5.81. The van der Waals surface area contributed by atoms with Gasteiger partial charge < -0.3 is 5.11 Å². The lowest BCUT2D eigenvalue weighted by molar-refractivity contribution is -0.137. The van der Waals surface area contributed by atoms with Gasteiger partial charge in [0.15, 0.2) is 0 Å². The number of Topliss-reactive ketones (excluding diaryl/α,β-unsaturated/α-hetero) is 1. The monoisotopic (exact) mass is 232 g/mol. The summed E-state index contributed by atoms with van der Waals surface area (Å²) >= 11 is 0. The zero-order valence-corrected chi connectivity index (χ0v) is 9.74. The smallest absolute Gasteiger partial charge is 0.303 e. The number of fused-ring (bicyclic) bond motifs is 1. The summed E-state index contributed by atoms with van der Waals surface area (Å²) in [6.07, 6.45) is 3.75. The van der Waals surface area contributed by atoms with Crippen molar-refractivity contribution in [2.24, 2.45) is 0 Å². The van der Waals surface area contributed by atoms with E-state index in [4.69, 9.17) is 5.11 Å². The molecular weight excluding hydrogens is 216 g/mol. The molecule has 0 atom stereocenters. The van der Waals surface area contributed by atoms with Gasteiger partial charge in [0.25, 0.3) is 0 Å². The first kappa shape index (κ1) is 11.8. The van der Waals surface area contributed by atoms with Crippen LogP contribution in [0.1, 0.15) is 36.0 Å². The van der Waals surface area contributed by atoms with Crippen molar-refractivity contribution in [3.05, 3.63) is 34.9 Å². The molecule has 3 nitrogen and oxygen atoms in total. The molecule has 0 spiro atoms. The average molecular weight is 232 g/mol. The van der Waals surface area contributed by atoms with Gasteiger partial charge in [-0.1, -0.05) is 18.2 Å². The van der Waals surface area contributed by atoms with Crippen molar-refractivity contribution in [3.63, 3.8) is 0 Å². The second-order valence-electron chi connectivity index (χ2n) is 4.57. The molecule has 0 heterocycles. The maximum Gasteiger partial charge on any atom is 0.303 e. The summed E-state index contributed by atoms with van der Waals surface area (Å²) in [5, 5.41) is 8.65. The first-order valence-electron chi connectivity index (χ1n) is 5.99. The number of carbonyl (C=O) groups excluding carboxylic acids is 1. The van der Waals surface area contributed by atoms with E-state index in [9.17, 15) is 9.59 Å². The minimum Gasteiger partial charge on any atom is -0.481 e. The number of ketones is 1. The lowest BCUT2D eigenvalue weighted by atomic mass is 9.98. The molecule has 1 aliphatic carbocycles. The minimum atomic E-state index is -0.781. The van der Waals surface area contributed by atoms with Crippen LogP contribution >= 0.6 is 0 Å². The fourth-order valence-corrected chi connectivity index (χ4v) is 2.27. The molecule has 0 aliphatic heterocycles. The zero-order valence-electron chi connectivity index (χ0n) is 9.74. The number of carboxylic acids is 1. The lowest BCUT2D eigenvalue weighted by Gasteiger charge is -2.07. The summed E-state index contributed by atoms with van der Waals surface area (Å²) in [5.74, 6) is -0.491. The van der Waals surface area contributed by atoms with Crippen molar-refractivity contribution in [2.45, 2.75) is 38.5 Å². The van der Waals surface area contributed by atoms with Crippen LogP contribution in [0.4, 0.5) is 0 Å². The Morgan fingerprint density at radius 1 is 1.24 bits per heavy atom. The van der Waals surface area contributed by atoms with Gasteiger partial charge in [0.2, 0.25) is 0 Å². The molecule has 0 fully saturated rings. The molecule has 0 unspecified atom stereocenters. The van der Waals surface area contributed by atoms with E-state index in [1.165, 1.54) is 5.56 Å². The van der Waals surface area contributed by atoms with Crippen molar-refractivity contribution in [2.75, 3.05) is 0 Å². The number of carbonyl (C=O) groups is 2. The third-order valence-corrected chi connectivity index (χ3v) is 3.19. The molecule has 0 saturated carbocycles. The van der Waals surface area contributed by atoms with Crippen molar-refractivity contribution in [1.29, 1.82) is 0 Å². The molecule has 1 N–H and O–H groups in total. The van der Waals surface area contributed by atoms with E-state index >= 15 is 0 Å². The maximum absolute atomic E-state index is 11.5. The number of benzene rings is 1. The zero-order chi connectivity index (χ0) is 12.3. The molecule has 0 saturated heterocycles.